The van der Waals surface area contributed by atoms with Gasteiger partial charge < -0.3 is 15.0 Å². The first-order valence-corrected chi connectivity index (χ1v) is 8.25. The molecule has 2 aromatic rings. The third kappa shape index (κ3) is 5.60. The molecule has 6 nitrogen and oxygen atoms in total. The van der Waals surface area contributed by atoms with Gasteiger partial charge in [-0.1, -0.05) is 29.8 Å². The summed E-state index contributed by atoms with van der Waals surface area (Å²) in [5.41, 5.74) is 1.65. The summed E-state index contributed by atoms with van der Waals surface area (Å²) in [4.78, 5) is 37.1. The summed E-state index contributed by atoms with van der Waals surface area (Å²) in [7, 11) is 1.29. The Morgan fingerprint density at radius 3 is 2.42 bits per heavy atom. The minimum absolute atomic E-state index is 0.111. The lowest BCUT2D eigenvalue weighted by molar-refractivity contribution is -0.133. The third-order valence-corrected chi connectivity index (χ3v) is 3.89. The second kappa shape index (κ2) is 9.01. The summed E-state index contributed by atoms with van der Waals surface area (Å²) in [5, 5.41) is 3.28. The van der Waals surface area contributed by atoms with Crippen molar-refractivity contribution in [3.63, 3.8) is 0 Å². The number of methoxy groups -OCH3 is 1. The van der Waals surface area contributed by atoms with E-state index < -0.39 is 5.97 Å². The molecule has 0 spiro atoms. The zero-order valence-electron chi connectivity index (χ0n) is 14.5. The van der Waals surface area contributed by atoms with Crippen LogP contribution in [0.5, 0.6) is 0 Å². The van der Waals surface area contributed by atoms with Crippen molar-refractivity contribution in [3.05, 3.63) is 64.7 Å². The highest BCUT2D eigenvalue weighted by Crippen LogP contribution is 2.13. The number of hydrogen-bond donors (Lipinski definition) is 1. The fraction of sp³-hybridized carbons (Fsp3) is 0.211. The topological polar surface area (TPSA) is 75.7 Å². The van der Waals surface area contributed by atoms with E-state index in [2.05, 4.69) is 10.1 Å². The van der Waals surface area contributed by atoms with Gasteiger partial charge >= 0.3 is 5.97 Å². The van der Waals surface area contributed by atoms with Gasteiger partial charge in [0.2, 0.25) is 11.8 Å². The quantitative estimate of drug-likeness (QED) is 0.788. The number of nitrogens with zero attached hydrogens (tertiary/aromatic N) is 1. The molecule has 2 rings (SSSR count). The van der Waals surface area contributed by atoms with Gasteiger partial charge in [-0.15, -0.1) is 0 Å². The second-order valence-electron chi connectivity index (χ2n) is 5.62. The van der Waals surface area contributed by atoms with Crippen LogP contribution < -0.4 is 5.32 Å². The summed E-state index contributed by atoms with van der Waals surface area (Å²) in [5.74, 6) is -1.08. The molecule has 0 fully saturated rings. The van der Waals surface area contributed by atoms with Crippen molar-refractivity contribution < 1.29 is 19.1 Å². The van der Waals surface area contributed by atoms with E-state index >= 15 is 0 Å². The molecule has 0 saturated heterocycles. The molecular formula is C19H19ClN2O4. The lowest BCUT2D eigenvalue weighted by atomic mass is 10.2. The van der Waals surface area contributed by atoms with E-state index in [1.807, 2.05) is 0 Å². The smallest absolute Gasteiger partial charge is 0.337 e. The number of anilines is 1. The van der Waals surface area contributed by atoms with Crippen molar-refractivity contribution in [2.45, 2.75) is 13.5 Å². The number of nitrogens with one attached hydrogen (secondary N) is 1. The number of hydrogen-bond acceptors (Lipinski definition) is 4. The molecule has 0 heterocycles. The summed E-state index contributed by atoms with van der Waals surface area (Å²) in [6.07, 6.45) is 0. The van der Waals surface area contributed by atoms with Gasteiger partial charge in [0.05, 0.1) is 12.7 Å². The van der Waals surface area contributed by atoms with Gasteiger partial charge in [-0.3, -0.25) is 9.59 Å². The molecule has 0 aliphatic heterocycles. The maximum absolute atomic E-state index is 12.3. The summed E-state index contributed by atoms with van der Waals surface area (Å²) in [6.45, 7) is 1.59. The molecule has 0 unspecified atom stereocenters. The van der Waals surface area contributed by atoms with Crippen LogP contribution in [0.3, 0.4) is 0 Å². The predicted octanol–water partition coefficient (Wildman–Crippen LogP) is 3.11. The number of rotatable bonds is 6. The maximum atomic E-state index is 12.3. The molecule has 2 amide bonds. The highest BCUT2D eigenvalue weighted by atomic mass is 35.5. The van der Waals surface area contributed by atoms with Crippen molar-refractivity contribution in [1.29, 1.82) is 0 Å². The summed E-state index contributed by atoms with van der Waals surface area (Å²) < 4.78 is 4.65. The SMILES string of the molecule is COC(=O)c1cccc(NC(=O)CN(Cc2ccc(Cl)cc2)C(C)=O)c1. The maximum Gasteiger partial charge on any atom is 0.337 e. The highest BCUT2D eigenvalue weighted by molar-refractivity contribution is 6.30. The Hall–Kier alpha value is -2.86. The monoisotopic (exact) mass is 374 g/mol. The standard InChI is InChI=1S/C19H19ClN2O4/c1-13(23)22(11-14-6-8-16(20)9-7-14)12-18(24)21-17-5-3-4-15(10-17)19(25)26-2/h3-10H,11-12H2,1-2H3,(H,21,24). The van der Waals surface area contributed by atoms with E-state index in [0.29, 0.717) is 22.8 Å². The molecule has 7 heteroatoms. The van der Waals surface area contributed by atoms with E-state index in [-0.39, 0.29) is 18.4 Å². The first-order valence-electron chi connectivity index (χ1n) is 7.87. The Morgan fingerprint density at radius 1 is 1.12 bits per heavy atom. The predicted molar refractivity (Wildman–Crippen MR) is 99.0 cm³/mol. The minimum atomic E-state index is -0.491. The van der Waals surface area contributed by atoms with Gasteiger partial charge in [0.25, 0.3) is 0 Å². The number of amides is 2. The van der Waals surface area contributed by atoms with Gasteiger partial charge in [0.15, 0.2) is 0 Å². The summed E-state index contributed by atoms with van der Waals surface area (Å²) in [6, 6.07) is 13.5. The van der Waals surface area contributed by atoms with Crippen LogP contribution in [0.1, 0.15) is 22.8 Å². The molecule has 0 bridgehead atoms. The van der Waals surface area contributed by atoms with Gasteiger partial charge in [0, 0.05) is 24.2 Å². The Kier molecular flexibility index (Phi) is 6.74. The first kappa shape index (κ1) is 19.5. The van der Waals surface area contributed by atoms with Gasteiger partial charge in [-0.2, -0.15) is 0 Å². The lowest BCUT2D eigenvalue weighted by Crippen LogP contribution is -2.36. The average Bonchev–Trinajstić information content (AvgIpc) is 2.62. The van der Waals surface area contributed by atoms with Crippen molar-refractivity contribution in [1.82, 2.24) is 4.90 Å². The Bertz CT molecular complexity index is 805. The van der Waals surface area contributed by atoms with Crippen LogP contribution in [0.15, 0.2) is 48.5 Å². The number of carbonyl (C=O) groups is 3. The number of halogens is 1. The van der Waals surface area contributed by atoms with Crippen molar-refractivity contribution in [3.8, 4) is 0 Å². The fourth-order valence-corrected chi connectivity index (χ4v) is 2.43. The molecule has 26 heavy (non-hydrogen) atoms. The van der Waals surface area contributed by atoms with Gasteiger partial charge in [0.1, 0.15) is 6.54 Å². The number of esters is 1. The van der Waals surface area contributed by atoms with Crippen LogP contribution in [0, 0.1) is 0 Å². The van der Waals surface area contributed by atoms with Crippen LogP contribution in [-0.4, -0.2) is 36.3 Å². The van der Waals surface area contributed by atoms with E-state index in [4.69, 9.17) is 11.6 Å². The van der Waals surface area contributed by atoms with E-state index in [9.17, 15) is 14.4 Å². The largest absolute Gasteiger partial charge is 0.465 e. The molecule has 0 aliphatic rings. The van der Waals surface area contributed by atoms with Crippen LogP contribution in [0.2, 0.25) is 5.02 Å². The van der Waals surface area contributed by atoms with Gasteiger partial charge in [-0.25, -0.2) is 4.79 Å². The molecule has 0 radical (unpaired) electrons. The summed E-state index contributed by atoms with van der Waals surface area (Å²) >= 11 is 5.85. The number of carbonyl (C=O) groups excluding carboxylic acids is 3. The molecule has 0 saturated carbocycles. The second-order valence-corrected chi connectivity index (χ2v) is 6.06. The Labute approximate surface area is 156 Å². The average molecular weight is 375 g/mol. The first-order chi connectivity index (χ1) is 12.4. The van der Waals surface area contributed by atoms with Crippen LogP contribution in [0.25, 0.3) is 0 Å². The number of benzene rings is 2. The highest BCUT2D eigenvalue weighted by Gasteiger charge is 2.15. The molecule has 136 valence electrons. The van der Waals surface area contributed by atoms with Crippen LogP contribution >= 0.6 is 11.6 Å². The van der Waals surface area contributed by atoms with E-state index in [1.165, 1.54) is 25.0 Å². The van der Waals surface area contributed by atoms with Crippen molar-refractivity contribution >= 4 is 35.1 Å². The molecule has 0 atom stereocenters. The van der Waals surface area contributed by atoms with Crippen molar-refractivity contribution in [2.24, 2.45) is 0 Å². The molecule has 2 aromatic carbocycles. The Balaban J connectivity index is 2.02. The Morgan fingerprint density at radius 2 is 1.81 bits per heavy atom. The molecule has 0 aliphatic carbocycles. The minimum Gasteiger partial charge on any atom is -0.465 e. The van der Waals surface area contributed by atoms with Crippen LogP contribution in [0.4, 0.5) is 5.69 Å². The number of ether oxygens (including phenoxy) is 1. The molecule has 1 N–H and O–H groups in total. The van der Waals surface area contributed by atoms with Gasteiger partial charge in [-0.05, 0) is 35.9 Å². The zero-order chi connectivity index (χ0) is 19.1. The fourth-order valence-electron chi connectivity index (χ4n) is 2.30. The normalized spacial score (nSPS) is 10.1. The lowest BCUT2D eigenvalue weighted by Gasteiger charge is -2.20. The van der Waals surface area contributed by atoms with E-state index in [1.54, 1.807) is 42.5 Å². The molecular weight excluding hydrogens is 356 g/mol. The van der Waals surface area contributed by atoms with Crippen LogP contribution in [-0.2, 0) is 20.9 Å². The van der Waals surface area contributed by atoms with E-state index in [0.717, 1.165) is 5.56 Å². The molecule has 0 aromatic heterocycles. The zero-order valence-corrected chi connectivity index (χ0v) is 15.2. The van der Waals surface area contributed by atoms with Crippen molar-refractivity contribution in [2.75, 3.05) is 19.0 Å². The third-order valence-electron chi connectivity index (χ3n) is 3.63.